The summed E-state index contributed by atoms with van der Waals surface area (Å²) in [5.74, 6) is -1.48. The molecule has 1 saturated heterocycles. The van der Waals surface area contributed by atoms with Crippen LogP contribution in [0.5, 0.6) is 0 Å². The van der Waals surface area contributed by atoms with Crippen LogP contribution in [0.4, 0.5) is 0 Å². The highest BCUT2D eigenvalue weighted by molar-refractivity contribution is 9.10. The number of likely N-dealkylation sites (N-methyl/N-ethyl adjacent to an activating group) is 1. The van der Waals surface area contributed by atoms with Gasteiger partial charge < -0.3 is 14.9 Å². The van der Waals surface area contributed by atoms with E-state index < -0.39 is 17.7 Å². The molecule has 1 fully saturated rings. The van der Waals surface area contributed by atoms with Gasteiger partial charge in [0.15, 0.2) is 5.76 Å². The summed E-state index contributed by atoms with van der Waals surface area (Å²) in [6.07, 6.45) is 1.79. The number of likely N-dealkylation sites (tertiary alicyclic amines) is 1. The SMILES string of the molecule is CCN(CC)CCN1C(=O)C(=O)/C(=C(/O)c2c(C)nc3ccccn23)C1c1ccc(Br)cc1. The molecule has 4 rings (SSSR count). The molecule has 1 aromatic carbocycles. The van der Waals surface area contributed by atoms with Gasteiger partial charge >= 0.3 is 0 Å². The number of aromatic nitrogens is 2. The molecule has 1 aliphatic rings. The van der Waals surface area contributed by atoms with Crippen molar-refractivity contribution in [1.29, 1.82) is 0 Å². The minimum absolute atomic E-state index is 0.0932. The number of ketones is 1. The zero-order valence-electron chi connectivity index (χ0n) is 19.0. The minimum atomic E-state index is -0.678. The third-order valence-corrected chi connectivity index (χ3v) is 6.73. The quantitative estimate of drug-likeness (QED) is 0.293. The van der Waals surface area contributed by atoms with Gasteiger partial charge in [0.25, 0.3) is 11.7 Å². The number of hydrogen-bond acceptors (Lipinski definition) is 5. The van der Waals surface area contributed by atoms with Crippen LogP contribution in [0, 0.1) is 6.92 Å². The van der Waals surface area contributed by atoms with Gasteiger partial charge in [-0.1, -0.05) is 48.0 Å². The first-order chi connectivity index (χ1) is 15.9. The maximum atomic E-state index is 13.3. The van der Waals surface area contributed by atoms with E-state index in [1.165, 1.54) is 0 Å². The molecule has 7 nitrogen and oxygen atoms in total. The molecule has 0 bridgehead atoms. The van der Waals surface area contributed by atoms with Crippen LogP contribution in [0.25, 0.3) is 11.4 Å². The van der Waals surface area contributed by atoms with E-state index in [4.69, 9.17) is 0 Å². The Balaban J connectivity index is 1.87. The average molecular weight is 511 g/mol. The van der Waals surface area contributed by atoms with Gasteiger partial charge in [0.05, 0.1) is 17.3 Å². The fourth-order valence-corrected chi connectivity index (χ4v) is 4.68. The van der Waals surface area contributed by atoms with E-state index in [2.05, 4.69) is 39.7 Å². The van der Waals surface area contributed by atoms with Crippen LogP contribution in [-0.4, -0.2) is 62.2 Å². The zero-order valence-corrected chi connectivity index (χ0v) is 20.5. The van der Waals surface area contributed by atoms with Crippen molar-refractivity contribution in [2.24, 2.45) is 0 Å². The van der Waals surface area contributed by atoms with Crippen molar-refractivity contribution in [2.75, 3.05) is 26.2 Å². The van der Waals surface area contributed by atoms with Crippen molar-refractivity contribution < 1.29 is 14.7 Å². The molecule has 2 aromatic heterocycles. The Hall–Kier alpha value is -2.97. The number of hydrogen-bond donors (Lipinski definition) is 1. The van der Waals surface area contributed by atoms with Gasteiger partial charge in [0.1, 0.15) is 11.3 Å². The van der Waals surface area contributed by atoms with E-state index in [9.17, 15) is 14.7 Å². The second kappa shape index (κ2) is 9.49. The number of carbonyl (C=O) groups excluding carboxylic acids is 2. The number of fused-ring (bicyclic) bond motifs is 1. The summed E-state index contributed by atoms with van der Waals surface area (Å²) in [5, 5.41) is 11.4. The first kappa shape index (κ1) is 23.2. The lowest BCUT2D eigenvalue weighted by Crippen LogP contribution is -2.38. The lowest BCUT2D eigenvalue weighted by atomic mass is 9.96. The molecule has 1 aliphatic heterocycles. The number of nitrogens with zero attached hydrogens (tertiary/aromatic N) is 4. The second-order valence-electron chi connectivity index (χ2n) is 8.05. The Morgan fingerprint density at radius 1 is 1.12 bits per heavy atom. The number of imidazole rings is 1. The van der Waals surface area contributed by atoms with Gasteiger partial charge in [-0.05, 0) is 49.8 Å². The molecule has 0 saturated carbocycles. The van der Waals surface area contributed by atoms with Crippen molar-refractivity contribution in [3.8, 4) is 0 Å². The standard InChI is InChI=1S/C25H27BrN4O3/c1-4-28(5-2)14-15-30-22(17-9-11-18(26)12-10-17)20(24(32)25(30)33)23(31)21-16(3)27-19-8-6-7-13-29(19)21/h6-13,22,31H,4-5,14-15H2,1-3H3/b23-20+. The molecule has 0 spiro atoms. The predicted molar refractivity (Wildman–Crippen MR) is 131 cm³/mol. The Morgan fingerprint density at radius 3 is 2.48 bits per heavy atom. The van der Waals surface area contributed by atoms with E-state index >= 15 is 0 Å². The number of halogens is 1. The number of pyridine rings is 1. The highest BCUT2D eigenvalue weighted by Gasteiger charge is 2.46. The molecule has 3 aromatic rings. The fraction of sp³-hybridized carbons (Fsp3) is 0.320. The van der Waals surface area contributed by atoms with Crippen molar-refractivity contribution in [1.82, 2.24) is 19.2 Å². The highest BCUT2D eigenvalue weighted by Crippen LogP contribution is 2.40. The summed E-state index contributed by atoms with van der Waals surface area (Å²) in [4.78, 5) is 34.7. The van der Waals surface area contributed by atoms with E-state index in [0.29, 0.717) is 30.1 Å². The molecule has 172 valence electrons. The lowest BCUT2D eigenvalue weighted by molar-refractivity contribution is -0.140. The van der Waals surface area contributed by atoms with Crippen molar-refractivity contribution in [2.45, 2.75) is 26.8 Å². The van der Waals surface area contributed by atoms with Crippen molar-refractivity contribution in [3.05, 3.63) is 75.7 Å². The number of carbonyl (C=O) groups is 2. The topological polar surface area (TPSA) is 78.2 Å². The van der Waals surface area contributed by atoms with Crippen LogP contribution in [0.1, 0.15) is 36.8 Å². The van der Waals surface area contributed by atoms with E-state index in [0.717, 1.165) is 23.1 Å². The molecule has 33 heavy (non-hydrogen) atoms. The van der Waals surface area contributed by atoms with Gasteiger partial charge in [0.2, 0.25) is 0 Å². The Labute approximate surface area is 201 Å². The first-order valence-corrected chi connectivity index (χ1v) is 11.9. The van der Waals surface area contributed by atoms with Crippen molar-refractivity contribution in [3.63, 3.8) is 0 Å². The molecule has 3 heterocycles. The van der Waals surface area contributed by atoms with Gasteiger partial charge in [-0.25, -0.2) is 4.98 Å². The maximum absolute atomic E-state index is 13.3. The third kappa shape index (κ3) is 4.20. The molecule has 0 radical (unpaired) electrons. The largest absolute Gasteiger partial charge is 0.505 e. The Bertz CT molecular complexity index is 1230. The summed E-state index contributed by atoms with van der Waals surface area (Å²) in [6.45, 7) is 8.65. The van der Waals surface area contributed by atoms with Crippen molar-refractivity contribution >= 4 is 39.0 Å². The number of aliphatic hydroxyl groups excluding tert-OH is 1. The van der Waals surface area contributed by atoms with Crippen LogP contribution in [0.15, 0.2) is 58.7 Å². The normalized spacial score (nSPS) is 18.1. The molecular weight excluding hydrogens is 484 g/mol. The maximum Gasteiger partial charge on any atom is 0.295 e. The van der Waals surface area contributed by atoms with Crippen LogP contribution in [0.3, 0.4) is 0 Å². The van der Waals surface area contributed by atoms with Gasteiger partial charge in [-0.3, -0.25) is 14.0 Å². The fourth-order valence-electron chi connectivity index (χ4n) is 4.42. The number of aryl methyl sites for hydroxylation is 1. The van der Waals surface area contributed by atoms with Gasteiger partial charge in [0, 0.05) is 23.8 Å². The smallest absolute Gasteiger partial charge is 0.295 e. The molecule has 1 atom stereocenters. The van der Waals surface area contributed by atoms with E-state index in [1.54, 1.807) is 22.4 Å². The predicted octanol–water partition coefficient (Wildman–Crippen LogP) is 4.17. The molecular formula is C25H27BrN4O3. The highest BCUT2D eigenvalue weighted by atomic mass is 79.9. The first-order valence-electron chi connectivity index (χ1n) is 11.1. The molecule has 1 unspecified atom stereocenters. The number of rotatable bonds is 7. The molecule has 8 heteroatoms. The number of Topliss-reactive ketones (excluding diaryl/α,β-unsaturated/α-hetero) is 1. The van der Waals surface area contributed by atoms with Crippen LogP contribution in [-0.2, 0) is 9.59 Å². The van der Waals surface area contributed by atoms with Gasteiger partial charge in [-0.15, -0.1) is 0 Å². The second-order valence-corrected chi connectivity index (χ2v) is 8.96. The van der Waals surface area contributed by atoms with E-state index in [-0.39, 0.29) is 11.3 Å². The molecule has 0 aliphatic carbocycles. The third-order valence-electron chi connectivity index (χ3n) is 6.21. The molecule has 1 amide bonds. The lowest BCUT2D eigenvalue weighted by Gasteiger charge is -2.28. The molecule has 1 N–H and O–H groups in total. The summed E-state index contributed by atoms with van der Waals surface area (Å²) in [7, 11) is 0. The zero-order chi connectivity index (χ0) is 23.7. The average Bonchev–Trinajstić information content (AvgIpc) is 3.28. The number of amides is 1. The summed E-state index contributed by atoms with van der Waals surface area (Å²) < 4.78 is 2.64. The Morgan fingerprint density at radius 2 is 1.82 bits per heavy atom. The summed E-state index contributed by atoms with van der Waals surface area (Å²) in [6, 6.07) is 12.3. The number of benzene rings is 1. The summed E-state index contributed by atoms with van der Waals surface area (Å²) in [5.41, 5.74) is 2.53. The summed E-state index contributed by atoms with van der Waals surface area (Å²) >= 11 is 3.45. The van der Waals surface area contributed by atoms with Gasteiger partial charge in [-0.2, -0.15) is 0 Å². The van der Waals surface area contributed by atoms with Crippen LogP contribution >= 0.6 is 15.9 Å². The van der Waals surface area contributed by atoms with Crippen LogP contribution in [0.2, 0.25) is 0 Å². The number of aliphatic hydroxyl groups is 1. The van der Waals surface area contributed by atoms with Crippen LogP contribution < -0.4 is 0 Å². The van der Waals surface area contributed by atoms with E-state index in [1.807, 2.05) is 42.5 Å². The monoisotopic (exact) mass is 510 g/mol. The Kier molecular flexibility index (Phi) is 6.67. The minimum Gasteiger partial charge on any atom is -0.505 e.